The molecule has 82 valence electrons. The van der Waals surface area contributed by atoms with Crippen molar-refractivity contribution in [3.05, 3.63) is 0 Å². The first-order valence-corrected chi connectivity index (χ1v) is 5.90. The zero-order chi connectivity index (χ0) is 9.80. The van der Waals surface area contributed by atoms with Crippen molar-refractivity contribution in [3.8, 4) is 0 Å². The van der Waals surface area contributed by atoms with Crippen LogP contribution >= 0.6 is 0 Å². The topological polar surface area (TPSA) is 47.3 Å². The Labute approximate surface area is 86.4 Å². The number of rotatable bonds is 5. The Kier molecular flexibility index (Phi) is 3.79. The van der Waals surface area contributed by atoms with Crippen molar-refractivity contribution in [3.63, 3.8) is 0 Å². The van der Waals surface area contributed by atoms with E-state index in [1.807, 2.05) is 0 Å². The first-order valence-electron chi connectivity index (χ1n) is 5.90. The number of ether oxygens (including phenoxy) is 1. The number of nitrogens with two attached hydrogens (primary N) is 1. The molecule has 0 aromatic heterocycles. The highest BCUT2D eigenvalue weighted by atomic mass is 16.5. The fourth-order valence-electron chi connectivity index (χ4n) is 2.20. The molecular formula is C11H22N2O. The lowest BCUT2D eigenvalue weighted by atomic mass is 9.83. The third-order valence-corrected chi connectivity index (χ3v) is 3.61. The quantitative estimate of drug-likeness (QED) is 0.641. The van der Waals surface area contributed by atoms with E-state index >= 15 is 0 Å². The minimum Gasteiger partial charge on any atom is -0.379 e. The summed E-state index contributed by atoms with van der Waals surface area (Å²) in [6.07, 6.45) is 5.70. The van der Waals surface area contributed by atoms with E-state index in [4.69, 9.17) is 10.5 Å². The van der Waals surface area contributed by atoms with E-state index in [0.717, 1.165) is 32.2 Å². The van der Waals surface area contributed by atoms with Crippen LogP contribution in [-0.4, -0.2) is 32.3 Å². The van der Waals surface area contributed by atoms with Crippen molar-refractivity contribution in [1.82, 2.24) is 5.32 Å². The van der Waals surface area contributed by atoms with Crippen LogP contribution in [0.25, 0.3) is 0 Å². The van der Waals surface area contributed by atoms with Crippen LogP contribution in [0.1, 0.15) is 25.7 Å². The number of hydrogen-bond acceptors (Lipinski definition) is 3. The predicted octanol–water partition coefficient (Wildman–Crippen LogP) is 0.740. The summed E-state index contributed by atoms with van der Waals surface area (Å²) in [5.41, 5.74) is 5.89. The molecule has 1 saturated carbocycles. The smallest absolute Gasteiger partial charge is 0.0621 e. The summed E-state index contributed by atoms with van der Waals surface area (Å²) in [5.74, 6) is 1.55. The summed E-state index contributed by atoms with van der Waals surface area (Å²) < 4.78 is 5.31. The third kappa shape index (κ3) is 2.69. The molecule has 0 aromatic carbocycles. The van der Waals surface area contributed by atoms with Gasteiger partial charge in [-0.05, 0) is 18.9 Å². The van der Waals surface area contributed by atoms with Crippen molar-refractivity contribution in [2.24, 2.45) is 17.6 Å². The molecule has 2 aliphatic rings. The molecule has 3 heteroatoms. The SMILES string of the molecule is NC1COCC1CNCCC1CCC1. The Hall–Kier alpha value is -0.120. The maximum Gasteiger partial charge on any atom is 0.0621 e. The van der Waals surface area contributed by atoms with E-state index in [9.17, 15) is 0 Å². The second-order valence-electron chi connectivity index (χ2n) is 4.75. The van der Waals surface area contributed by atoms with Gasteiger partial charge in [0.2, 0.25) is 0 Å². The zero-order valence-corrected chi connectivity index (χ0v) is 8.87. The van der Waals surface area contributed by atoms with Crippen LogP contribution in [0.3, 0.4) is 0 Å². The summed E-state index contributed by atoms with van der Waals surface area (Å²) in [4.78, 5) is 0. The zero-order valence-electron chi connectivity index (χ0n) is 8.87. The van der Waals surface area contributed by atoms with Gasteiger partial charge < -0.3 is 15.8 Å². The van der Waals surface area contributed by atoms with Gasteiger partial charge in [0.15, 0.2) is 0 Å². The van der Waals surface area contributed by atoms with Gasteiger partial charge >= 0.3 is 0 Å². The summed E-state index contributed by atoms with van der Waals surface area (Å²) in [6, 6.07) is 0.256. The summed E-state index contributed by atoms with van der Waals surface area (Å²) in [6.45, 7) is 3.79. The predicted molar refractivity (Wildman–Crippen MR) is 57.1 cm³/mol. The minimum absolute atomic E-state index is 0.256. The molecule has 1 aliphatic heterocycles. The van der Waals surface area contributed by atoms with Crippen LogP contribution in [0.2, 0.25) is 0 Å². The lowest BCUT2D eigenvalue weighted by Crippen LogP contribution is -2.36. The van der Waals surface area contributed by atoms with Gasteiger partial charge in [-0.2, -0.15) is 0 Å². The maximum atomic E-state index is 5.89. The molecule has 1 saturated heterocycles. The van der Waals surface area contributed by atoms with Gasteiger partial charge in [0.1, 0.15) is 0 Å². The molecule has 0 spiro atoms. The lowest BCUT2D eigenvalue weighted by molar-refractivity contribution is 0.183. The monoisotopic (exact) mass is 198 g/mol. The van der Waals surface area contributed by atoms with E-state index < -0.39 is 0 Å². The molecule has 0 bridgehead atoms. The first-order chi connectivity index (χ1) is 6.86. The van der Waals surface area contributed by atoms with Crippen molar-refractivity contribution >= 4 is 0 Å². The van der Waals surface area contributed by atoms with Crippen molar-refractivity contribution < 1.29 is 4.74 Å². The fourth-order valence-corrected chi connectivity index (χ4v) is 2.20. The Morgan fingerprint density at radius 3 is 2.71 bits per heavy atom. The van der Waals surface area contributed by atoms with E-state index in [1.165, 1.54) is 25.7 Å². The number of nitrogens with one attached hydrogen (secondary N) is 1. The summed E-state index contributed by atoms with van der Waals surface area (Å²) in [7, 11) is 0. The molecule has 2 rings (SSSR count). The van der Waals surface area contributed by atoms with Crippen molar-refractivity contribution in [1.29, 1.82) is 0 Å². The van der Waals surface area contributed by atoms with Crippen molar-refractivity contribution in [2.75, 3.05) is 26.3 Å². The van der Waals surface area contributed by atoms with Gasteiger partial charge in [0.25, 0.3) is 0 Å². The minimum atomic E-state index is 0.256. The van der Waals surface area contributed by atoms with Crippen LogP contribution in [0.4, 0.5) is 0 Å². The maximum absolute atomic E-state index is 5.89. The third-order valence-electron chi connectivity index (χ3n) is 3.61. The Morgan fingerprint density at radius 2 is 2.14 bits per heavy atom. The second kappa shape index (κ2) is 5.10. The van der Waals surface area contributed by atoms with Gasteiger partial charge in [-0.25, -0.2) is 0 Å². The molecular weight excluding hydrogens is 176 g/mol. The highest BCUT2D eigenvalue weighted by Gasteiger charge is 2.24. The van der Waals surface area contributed by atoms with Crippen molar-refractivity contribution in [2.45, 2.75) is 31.7 Å². The molecule has 2 fully saturated rings. The first kappa shape index (κ1) is 10.4. The van der Waals surface area contributed by atoms with E-state index in [1.54, 1.807) is 0 Å². The summed E-state index contributed by atoms with van der Waals surface area (Å²) in [5, 5.41) is 3.50. The molecule has 1 heterocycles. The molecule has 0 aromatic rings. The van der Waals surface area contributed by atoms with Crippen LogP contribution in [0, 0.1) is 11.8 Å². The van der Waals surface area contributed by atoms with E-state index in [-0.39, 0.29) is 6.04 Å². The molecule has 0 amide bonds. The highest BCUT2D eigenvalue weighted by molar-refractivity contribution is 4.80. The van der Waals surface area contributed by atoms with E-state index in [0.29, 0.717) is 5.92 Å². The van der Waals surface area contributed by atoms with Gasteiger partial charge in [-0.15, -0.1) is 0 Å². The molecule has 2 unspecified atom stereocenters. The van der Waals surface area contributed by atoms with Gasteiger partial charge in [0.05, 0.1) is 13.2 Å². The fraction of sp³-hybridized carbons (Fsp3) is 1.00. The van der Waals surface area contributed by atoms with E-state index in [2.05, 4.69) is 5.32 Å². The average Bonchev–Trinajstić information content (AvgIpc) is 2.48. The van der Waals surface area contributed by atoms with Crippen LogP contribution in [-0.2, 0) is 4.74 Å². The number of hydrogen-bond donors (Lipinski definition) is 2. The molecule has 3 nitrogen and oxygen atoms in total. The Morgan fingerprint density at radius 1 is 1.29 bits per heavy atom. The largest absolute Gasteiger partial charge is 0.379 e. The molecule has 14 heavy (non-hydrogen) atoms. The molecule has 3 N–H and O–H groups in total. The van der Waals surface area contributed by atoms with Crippen LogP contribution in [0.15, 0.2) is 0 Å². The molecule has 2 atom stereocenters. The van der Waals surface area contributed by atoms with Gasteiger partial charge in [-0.1, -0.05) is 19.3 Å². The highest BCUT2D eigenvalue weighted by Crippen LogP contribution is 2.28. The standard InChI is InChI=1S/C11H22N2O/c12-11-8-14-7-10(11)6-13-5-4-9-2-1-3-9/h9-11,13H,1-8,12H2. The molecule has 1 aliphatic carbocycles. The Balaban J connectivity index is 1.49. The summed E-state index contributed by atoms with van der Waals surface area (Å²) >= 11 is 0. The molecule has 0 radical (unpaired) electrons. The van der Waals surface area contributed by atoms with Crippen LogP contribution < -0.4 is 11.1 Å². The van der Waals surface area contributed by atoms with Crippen LogP contribution in [0.5, 0.6) is 0 Å². The second-order valence-corrected chi connectivity index (χ2v) is 4.75. The van der Waals surface area contributed by atoms with Gasteiger partial charge in [0, 0.05) is 18.5 Å². The Bertz CT molecular complexity index is 171. The van der Waals surface area contributed by atoms with Gasteiger partial charge in [-0.3, -0.25) is 0 Å². The lowest BCUT2D eigenvalue weighted by Gasteiger charge is -2.25. The normalized spacial score (nSPS) is 33.2. The average molecular weight is 198 g/mol.